The molecule has 0 amide bonds. The van der Waals surface area contributed by atoms with Crippen molar-refractivity contribution in [3.8, 4) is 11.5 Å². The predicted octanol–water partition coefficient (Wildman–Crippen LogP) is 3.48. The number of halogens is 1. The van der Waals surface area contributed by atoms with Crippen LogP contribution in [0.15, 0.2) is 39.6 Å². The Bertz CT molecular complexity index is 589. The van der Waals surface area contributed by atoms with E-state index >= 15 is 0 Å². The van der Waals surface area contributed by atoms with Crippen LogP contribution in [0.25, 0.3) is 0 Å². The van der Waals surface area contributed by atoms with Crippen LogP contribution in [0.4, 0.5) is 0 Å². The maximum Gasteiger partial charge on any atom is 0.179 e. The molecule has 5 heteroatoms. The van der Waals surface area contributed by atoms with Crippen LogP contribution in [0.2, 0.25) is 0 Å². The number of Topliss-reactive ketones (excluding diaryl/α,β-unsaturated/α-hetero) is 1. The Hall–Kier alpha value is -1.75. The van der Waals surface area contributed by atoms with Crippen molar-refractivity contribution in [2.75, 3.05) is 14.2 Å². The van der Waals surface area contributed by atoms with E-state index in [0.717, 1.165) is 5.56 Å². The predicted molar refractivity (Wildman–Crippen MR) is 74.0 cm³/mol. The fourth-order valence-electron chi connectivity index (χ4n) is 1.76. The highest BCUT2D eigenvalue weighted by Gasteiger charge is 2.14. The first kappa shape index (κ1) is 13.7. The van der Waals surface area contributed by atoms with Crippen molar-refractivity contribution in [3.63, 3.8) is 0 Å². The number of methoxy groups -OCH3 is 2. The summed E-state index contributed by atoms with van der Waals surface area (Å²) < 4.78 is 15.9. The van der Waals surface area contributed by atoms with Crippen molar-refractivity contribution in [3.05, 3.63) is 46.3 Å². The van der Waals surface area contributed by atoms with E-state index < -0.39 is 0 Å². The van der Waals surface area contributed by atoms with E-state index in [-0.39, 0.29) is 12.2 Å². The number of benzene rings is 1. The fraction of sp³-hybridized carbons (Fsp3) is 0.214. The van der Waals surface area contributed by atoms with Crippen LogP contribution in [-0.2, 0) is 6.42 Å². The maximum atomic E-state index is 12.1. The van der Waals surface area contributed by atoms with Gasteiger partial charge in [0.2, 0.25) is 0 Å². The van der Waals surface area contributed by atoms with Crippen molar-refractivity contribution in [2.24, 2.45) is 0 Å². The van der Waals surface area contributed by atoms with E-state index in [4.69, 9.17) is 13.9 Å². The molecule has 0 fully saturated rings. The molecular formula is C14H13BrO4. The van der Waals surface area contributed by atoms with Gasteiger partial charge in [-0.2, -0.15) is 0 Å². The zero-order valence-electron chi connectivity index (χ0n) is 10.6. The van der Waals surface area contributed by atoms with Gasteiger partial charge in [0.1, 0.15) is 0 Å². The summed E-state index contributed by atoms with van der Waals surface area (Å²) in [6.07, 6.45) is 1.75. The Morgan fingerprint density at radius 2 is 1.95 bits per heavy atom. The summed E-state index contributed by atoms with van der Waals surface area (Å²) in [7, 11) is 3.14. The van der Waals surface area contributed by atoms with Gasteiger partial charge in [0.25, 0.3) is 0 Å². The molecule has 0 aliphatic carbocycles. The Labute approximate surface area is 119 Å². The van der Waals surface area contributed by atoms with Crippen molar-refractivity contribution in [2.45, 2.75) is 6.42 Å². The minimum absolute atomic E-state index is 0.0205. The van der Waals surface area contributed by atoms with E-state index in [0.29, 0.717) is 21.7 Å². The number of carbonyl (C=O) groups is 1. The monoisotopic (exact) mass is 324 g/mol. The molecule has 4 nitrogen and oxygen atoms in total. The van der Waals surface area contributed by atoms with Gasteiger partial charge in [-0.3, -0.25) is 4.79 Å². The normalized spacial score (nSPS) is 10.3. The minimum Gasteiger partial charge on any atom is -0.493 e. The molecule has 100 valence electrons. The molecule has 1 heterocycles. The lowest BCUT2D eigenvalue weighted by molar-refractivity contribution is 0.0991. The van der Waals surface area contributed by atoms with Crippen LogP contribution < -0.4 is 9.47 Å². The molecule has 0 bridgehead atoms. The van der Waals surface area contributed by atoms with Crippen LogP contribution in [0.1, 0.15) is 15.9 Å². The SMILES string of the molecule is COc1ccc(CC(=O)c2ccoc2Br)cc1OC. The molecule has 1 aromatic carbocycles. The van der Waals surface area contributed by atoms with Crippen molar-refractivity contribution < 1.29 is 18.7 Å². The third kappa shape index (κ3) is 2.98. The van der Waals surface area contributed by atoms with Crippen molar-refractivity contribution in [1.82, 2.24) is 0 Å². The number of ether oxygens (including phenoxy) is 2. The molecule has 0 unspecified atom stereocenters. The Morgan fingerprint density at radius 3 is 2.53 bits per heavy atom. The zero-order valence-corrected chi connectivity index (χ0v) is 12.2. The number of rotatable bonds is 5. The Balaban J connectivity index is 2.20. The summed E-state index contributed by atoms with van der Waals surface area (Å²) in [5, 5.41) is 0. The lowest BCUT2D eigenvalue weighted by atomic mass is 10.0. The number of ketones is 1. The summed E-state index contributed by atoms with van der Waals surface area (Å²) >= 11 is 3.20. The first-order valence-electron chi connectivity index (χ1n) is 5.62. The van der Waals surface area contributed by atoms with Crippen LogP contribution in [0, 0.1) is 0 Å². The summed E-state index contributed by atoms with van der Waals surface area (Å²) in [4.78, 5) is 12.1. The molecular weight excluding hydrogens is 312 g/mol. The summed E-state index contributed by atoms with van der Waals surface area (Å²) in [6.45, 7) is 0. The number of hydrogen-bond acceptors (Lipinski definition) is 4. The van der Waals surface area contributed by atoms with E-state index in [1.807, 2.05) is 6.07 Å². The summed E-state index contributed by atoms with van der Waals surface area (Å²) in [5.41, 5.74) is 1.39. The average molecular weight is 325 g/mol. The van der Waals surface area contributed by atoms with E-state index in [1.165, 1.54) is 6.26 Å². The number of carbonyl (C=O) groups excluding carboxylic acids is 1. The largest absolute Gasteiger partial charge is 0.493 e. The van der Waals surface area contributed by atoms with Gasteiger partial charge in [0.15, 0.2) is 22.0 Å². The fourth-order valence-corrected chi connectivity index (χ4v) is 2.23. The third-order valence-corrected chi connectivity index (χ3v) is 3.35. The van der Waals surface area contributed by atoms with Gasteiger partial charge >= 0.3 is 0 Å². The lowest BCUT2D eigenvalue weighted by Crippen LogP contribution is -2.03. The molecule has 0 aliphatic rings. The average Bonchev–Trinajstić information content (AvgIpc) is 2.85. The van der Waals surface area contributed by atoms with Gasteiger partial charge in [0, 0.05) is 6.42 Å². The highest BCUT2D eigenvalue weighted by molar-refractivity contribution is 9.10. The molecule has 0 aliphatic heterocycles. The van der Waals surface area contributed by atoms with Crippen LogP contribution in [-0.4, -0.2) is 20.0 Å². The van der Waals surface area contributed by atoms with E-state index in [9.17, 15) is 4.79 Å². The molecule has 0 N–H and O–H groups in total. The first-order valence-corrected chi connectivity index (χ1v) is 6.42. The third-order valence-electron chi connectivity index (χ3n) is 2.73. The van der Waals surface area contributed by atoms with E-state index in [2.05, 4.69) is 15.9 Å². The first-order chi connectivity index (χ1) is 9.15. The second-order valence-electron chi connectivity index (χ2n) is 3.90. The van der Waals surface area contributed by atoms with Gasteiger partial charge in [-0.05, 0) is 39.7 Å². The number of hydrogen-bond donors (Lipinski definition) is 0. The molecule has 0 saturated carbocycles. The molecule has 1 aromatic heterocycles. The molecule has 0 radical (unpaired) electrons. The molecule has 0 spiro atoms. The van der Waals surface area contributed by atoms with Crippen LogP contribution >= 0.6 is 15.9 Å². The van der Waals surface area contributed by atoms with E-state index in [1.54, 1.807) is 32.4 Å². The van der Waals surface area contributed by atoms with Gasteiger partial charge in [0.05, 0.1) is 26.0 Å². The van der Waals surface area contributed by atoms with Gasteiger partial charge in [-0.1, -0.05) is 6.07 Å². The highest BCUT2D eigenvalue weighted by atomic mass is 79.9. The molecule has 2 aromatic rings. The molecule has 0 saturated heterocycles. The zero-order chi connectivity index (χ0) is 13.8. The van der Waals surface area contributed by atoms with Gasteiger partial charge < -0.3 is 13.9 Å². The van der Waals surface area contributed by atoms with Crippen LogP contribution in [0.3, 0.4) is 0 Å². The van der Waals surface area contributed by atoms with Gasteiger partial charge in [-0.15, -0.1) is 0 Å². The maximum absolute atomic E-state index is 12.1. The summed E-state index contributed by atoms with van der Waals surface area (Å²) in [5.74, 6) is 1.23. The topological polar surface area (TPSA) is 48.7 Å². The number of furan rings is 1. The smallest absolute Gasteiger partial charge is 0.179 e. The highest BCUT2D eigenvalue weighted by Crippen LogP contribution is 2.28. The lowest BCUT2D eigenvalue weighted by Gasteiger charge is -2.09. The summed E-state index contributed by atoms with van der Waals surface area (Å²) in [6, 6.07) is 7.07. The second kappa shape index (κ2) is 5.93. The van der Waals surface area contributed by atoms with Crippen molar-refractivity contribution in [1.29, 1.82) is 0 Å². The quantitative estimate of drug-likeness (QED) is 0.790. The molecule has 2 rings (SSSR count). The Kier molecular flexibility index (Phi) is 4.27. The van der Waals surface area contributed by atoms with Gasteiger partial charge in [-0.25, -0.2) is 0 Å². The minimum atomic E-state index is -0.0205. The standard InChI is InChI=1S/C14H13BrO4/c1-17-12-4-3-9(8-13(12)18-2)7-11(16)10-5-6-19-14(10)15/h3-6,8H,7H2,1-2H3. The molecule has 19 heavy (non-hydrogen) atoms. The molecule has 0 atom stereocenters. The Morgan fingerprint density at radius 1 is 1.21 bits per heavy atom. The van der Waals surface area contributed by atoms with Crippen molar-refractivity contribution >= 4 is 21.7 Å². The second-order valence-corrected chi connectivity index (χ2v) is 4.62. The van der Waals surface area contributed by atoms with Crippen LogP contribution in [0.5, 0.6) is 11.5 Å².